The maximum atomic E-state index is 15.1. The van der Waals surface area contributed by atoms with Gasteiger partial charge in [0.05, 0.1) is 5.52 Å². The van der Waals surface area contributed by atoms with E-state index >= 15 is 4.39 Å². The fourth-order valence-electron chi connectivity index (χ4n) is 4.23. The fraction of sp³-hybridized carbons (Fsp3) is 0.115. The van der Waals surface area contributed by atoms with Crippen molar-refractivity contribution in [3.8, 4) is 33.8 Å². The summed E-state index contributed by atoms with van der Waals surface area (Å²) in [7, 11) is 0. The Labute approximate surface area is 199 Å². The summed E-state index contributed by atoms with van der Waals surface area (Å²) in [4.78, 5) is 21.0. The normalized spacial score (nSPS) is 11.5. The minimum Gasteiger partial charge on any atom is -0.335 e. The van der Waals surface area contributed by atoms with E-state index in [-0.39, 0.29) is 5.52 Å². The molecule has 0 atom stereocenters. The van der Waals surface area contributed by atoms with Crippen molar-refractivity contribution >= 4 is 22.1 Å². The van der Waals surface area contributed by atoms with Crippen molar-refractivity contribution in [2.45, 2.75) is 13.5 Å². The average molecular weight is 465 g/mol. The fourth-order valence-corrected chi connectivity index (χ4v) is 4.23. The molecule has 35 heavy (non-hydrogen) atoms. The molecule has 6 aromatic rings. The molecule has 5 heterocycles. The molecule has 0 aliphatic heterocycles. The number of hydrogen-bond donors (Lipinski definition) is 3. The van der Waals surface area contributed by atoms with Gasteiger partial charge in [0.1, 0.15) is 11.2 Å². The number of halogens is 1. The zero-order valence-electron chi connectivity index (χ0n) is 18.9. The van der Waals surface area contributed by atoms with Crippen LogP contribution in [-0.2, 0) is 6.54 Å². The van der Waals surface area contributed by atoms with Crippen molar-refractivity contribution in [2.24, 2.45) is 0 Å². The molecule has 0 bridgehead atoms. The Morgan fingerprint density at radius 2 is 1.89 bits per heavy atom. The summed E-state index contributed by atoms with van der Waals surface area (Å²) in [6.07, 6.45) is 8.79. The van der Waals surface area contributed by atoms with Crippen molar-refractivity contribution in [1.82, 2.24) is 40.4 Å². The van der Waals surface area contributed by atoms with Gasteiger partial charge in [0.2, 0.25) is 0 Å². The molecule has 0 aliphatic rings. The Hall–Kier alpha value is -4.50. The summed E-state index contributed by atoms with van der Waals surface area (Å²) >= 11 is 0. The van der Waals surface area contributed by atoms with Gasteiger partial charge in [-0.1, -0.05) is 13.0 Å². The van der Waals surface area contributed by atoms with Gasteiger partial charge in [-0.2, -0.15) is 5.10 Å². The zero-order chi connectivity index (χ0) is 23.8. The molecule has 6 rings (SSSR count). The number of aromatic amines is 2. The van der Waals surface area contributed by atoms with Crippen LogP contribution < -0.4 is 5.32 Å². The second-order valence-corrected chi connectivity index (χ2v) is 8.20. The number of rotatable bonds is 6. The van der Waals surface area contributed by atoms with E-state index in [4.69, 9.17) is 0 Å². The first kappa shape index (κ1) is 21.1. The Kier molecular flexibility index (Phi) is 5.23. The number of fused-ring (bicyclic) bond motifs is 2. The molecule has 0 fully saturated rings. The molecule has 5 aromatic heterocycles. The Morgan fingerprint density at radius 3 is 2.74 bits per heavy atom. The molecule has 1 aromatic carbocycles. The smallest absolute Gasteiger partial charge is 0.178 e. The minimum absolute atomic E-state index is 0.251. The highest BCUT2D eigenvalue weighted by molar-refractivity contribution is 5.97. The number of H-pyrrole nitrogens is 2. The number of hydrogen-bond acceptors (Lipinski definition) is 6. The first-order valence-corrected chi connectivity index (χ1v) is 11.3. The molecule has 172 valence electrons. The first-order chi connectivity index (χ1) is 17.2. The summed E-state index contributed by atoms with van der Waals surface area (Å²) in [6.45, 7) is 3.61. The molecule has 0 radical (unpaired) electrons. The number of aromatic nitrogens is 7. The predicted octanol–water partition coefficient (Wildman–Crippen LogP) is 4.87. The van der Waals surface area contributed by atoms with Crippen LogP contribution in [0.5, 0.6) is 0 Å². The van der Waals surface area contributed by atoms with Crippen LogP contribution >= 0.6 is 0 Å². The van der Waals surface area contributed by atoms with Crippen LogP contribution in [0.4, 0.5) is 4.39 Å². The Balaban J connectivity index is 1.47. The van der Waals surface area contributed by atoms with Crippen molar-refractivity contribution in [1.29, 1.82) is 0 Å². The molecule has 0 unspecified atom stereocenters. The van der Waals surface area contributed by atoms with Crippen LogP contribution in [0.2, 0.25) is 0 Å². The number of pyridine rings is 3. The summed E-state index contributed by atoms with van der Waals surface area (Å²) in [5, 5.41) is 11.1. The highest BCUT2D eigenvalue weighted by atomic mass is 19.1. The molecule has 8 nitrogen and oxygen atoms in total. The van der Waals surface area contributed by atoms with E-state index < -0.39 is 5.82 Å². The van der Waals surface area contributed by atoms with E-state index in [2.05, 4.69) is 40.4 Å². The third-order valence-corrected chi connectivity index (χ3v) is 5.92. The van der Waals surface area contributed by atoms with Gasteiger partial charge in [-0.25, -0.2) is 14.4 Å². The third kappa shape index (κ3) is 3.81. The molecule has 0 saturated heterocycles. The van der Waals surface area contributed by atoms with Crippen molar-refractivity contribution < 1.29 is 4.39 Å². The lowest BCUT2D eigenvalue weighted by atomic mass is 10.0. The summed E-state index contributed by atoms with van der Waals surface area (Å²) < 4.78 is 15.1. The van der Waals surface area contributed by atoms with Gasteiger partial charge in [0, 0.05) is 59.6 Å². The largest absolute Gasteiger partial charge is 0.335 e. The second kappa shape index (κ2) is 8.69. The van der Waals surface area contributed by atoms with Crippen LogP contribution in [0.3, 0.4) is 0 Å². The van der Waals surface area contributed by atoms with Gasteiger partial charge in [0.15, 0.2) is 17.3 Å². The summed E-state index contributed by atoms with van der Waals surface area (Å²) in [5.41, 5.74) is 6.63. The Morgan fingerprint density at radius 1 is 0.971 bits per heavy atom. The van der Waals surface area contributed by atoms with E-state index in [1.807, 2.05) is 43.5 Å². The number of nitrogens with zero attached hydrogens (tertiary/aromatic N) is 5. The lowest BCUT2D eigenvalue weighted by molar-refractivity contribution is 0.636. The van der Waals surface area contributed by atoms with Gasteiger partial charge in [-0.3, -0.25) is 15.1 Å². The van der Waals surface area contributed by atoms with E-state index in [0.717, 1.165) is 34.3 Å². The standard InChI is InChI=1S/C26H21FN8/c1-2-28-11-15-8-18(14-30-12-15)17-9-20-22(21(27)10-17)34-35-24(20)26-32-23-19(5-7-31-25(23)33-26)16-4-3-6-29-13-16/h3-10,12-14,28H,2,11H2,1H3,(H,34,35)(H,31,32,33). The van der Waals surface area contributed by atoms with Crippen molar-refractivity contribution in [3.63, 3.8) is 0 Å². The summed E-state index contributed by atoms with van der Waals surface area (Å²) in [6, 6.07) is 11.2. The van der Waals surface area contributed by atoms with Gasteiger partial charge in [-0.05, 0) is 48.0 Å². The van der Waals surface area contributed by atoms with Crippen LogP contribution in [0, 0.1) is 5.82 Å². The lowest BCUT2D eigenvalue weighted by Crippen LogP contribution is -2.11. The van der Waals surface area contributed by atoms with Crippen LogP contribution in [-0.4, -0.2) is 41.7 Å². The van der Waals surface area contributed by atoms with E-state index in [1.165, 1.54) is 6.07 Å². The number of nitrogens with one attached hydrogen (secondary N) is 3. The maximum absolute atomic E-state index is 15.1. The molecule has 0 aliphatic carbocycles. The highest BCUT2D eigenvalue weighted by Gasteiger charge is 2.18. The van der Waals surface area contributed by atoms with Gasteiger partial charge in [0.25, 0.3) is 0 Å². The SMILES string of the molecule is CCNCc1cncc(-c2cc(F)c3n[nH]c(-c4nc5nccc(-c6cccnc6)c5[nH]4)c3c2)c1. The Bertz CT molecular complexity index is 1660. The number of benzene rings is 1. The van der Waals surface area contributed by atoms with Crippen molar-refractivity contribution in [2.75, 3.05) is 6.54 Å². The topological polar surface area (TPSA) is 108 Å². The first-order valence-electron chi connectivity index (χ1n) is 11.3. The zero-order valence-corrected chi connectivity index (χ0v) is 18.9. The number of imidazole rings is 1. The van der Waals surface area contributed by atoms with Crippen molar-refractivity contribution in [3.05, 3.63) is 78.8 Å². The molecule has 3 N–H and O–H groups in total. The molecule has 0 spiro atoms. The van der Waals surface area contributed by atoms with Crippen LogP contribution in [0.15, 0.2) is 67.4 Å². The van der Waals surface area contributed by atoms with E-state index in [1.54, 1.807) is 24.8 Å². The lowest BCUT2D eigenvalue weighted by Gasteiger charge is -2.06. The van der Waals surface area contributed by atoms with Crippen LogP contribution in [0.25, 0.3) is 55.8 Å². The maximum Gasteiger partial charge on any atom is 0.178 e. The van der Waals surface area contributed by atoms with E-state index in [9.17, 15) is 0 Å². The van der Waals surface area contributed by atoms with Gasteiger partial charge < -0.3 is 10.3 Å². The molecule has 0 amide bonds. The van der Waals surface area contributed by atoms with Gasteiger partial charge in [-0.15, -0.1) is 0 Å². The predicted molar refractivity (Wildman–Crippen MR) is 133 cm³/mol. The summed E-state index contributed by atoms with van der Waals surface area (Å²) in [5.74, 6) is 0.115. The molecular weight excluding hydrogens is 443 g/mol. The molecular formula is C26H21FN8. The van der Waals surface area contributed by atoms with Crippen LogP contribution in [0.1, 0.15) is 12.5 Å². The van der Waals surface area contributed by atoms with Gasteiger partial charge >= 0.3 is 0 Å². The second-order valence-electron chi connectivity index (χ2n) is 8.20. The minimum atomic E-state index is -0.414. The highest BCUT2D eigenvalue weighted by Crippen LogP contribution is 2.33. The van der Waals surface area contributed by atoms with E-state index in [0.29, 0.717) is 34.7 Å². The monoisotopic (exact) mass is 464 g/mol. The molecule has 0 saturated carbocycles. The third-order valence-electron chi connectivity index (χ3n) is 5.92. The average Bonchev–Trinajstić information content (AvgIpc) is 3.52. The molecule has 9 heteroatoms. The quantitative estimate of drug-likeness (QED) is 0.324.